The molecule has 1 atom stereocenters. The van der Waals surface area contributed by atoms with Crippen LogP contribution in [0, 0.1) is 0 Å². The number of unbranched alkanes of at least 4 members (excludes halogenated alkanes) is 35. The van der Waals surface area contributed by atoms with Crippen LogP contribution in [0.3, 0.4) is 0 Å². The molecular formula is C59H106O6. The SMILES string of the molecule is CC/C=C/C=C/C=C/C=C/CCCCCC(=O)OCC(COC(=O)CCCCCCCCCCCCCCCCCCC)OC(=O)CCCCCCCCCCCCCCCCCCC. The predicted molar refractivity (Wildman–Crippen MR) is 279 cm³/mol. The Hall–Kier alpha value is -2.63. The van der Waals surface area contributed by atoms with Gasteiger partial charge in [0.15, 0.2) is 6.10 Å². The average Bonchev–Trinajstić information content (AvgIpc) is 3.30. The van der Waals surface area contributed by atoms with Crippen molar-refractivity contribution in [3.05, 3.63) is 48.6 Å². The molecule has 0 aromatic heterocycles. The molecule has 0 aromatic carbocycles. The second kappa shape index (κ2) is 54.0. The largest absolute Gasteiger partial charge is 0.462 e. The van der Waals surface area contributed by atoms with E-state index in [0.29, 0.717) is 19.3 Å². The normalized spacial score (nSPS) is 12.4. The first-order valence-electron chi connectivity index (χ1n) is 28.2. The number of carbonyl (C=O) groups excluding carboxylic acids is 3. The van der Waals surface area contributed by atoms with Crippen LogP contribution in [-0.4, -0.2) is 37.2 Å². The van der Waals surface area contributed by atoms with Crippen LogP contribution < -0.4 is 0 Å². The van der Waals surface area contributed by atoms with E-state index in [0.717, 1.165) is 70.6 Å². The molecule has 378 valence electrons. The first-order valence-corrected chi connectivity index (χ1v) is 28.2. The second-order valence-corrected chi connectivity index (χ2v) is 18.9. The molecule has 0 bridgehead atoms. The summed E-state index contributed by atoms with van der Waals surface area (Å²) < 4.78 is 16.8. The van der Waals surface area contributed by atoms with Gasteiger partial charge in [-0.05, 0) is 38.5 Å². The molecule has 0 amide bonds. The maximum atomic E-state index is 12.8. The summed E-state index contributed by atoms with van der Waals surface area (Å²) in [7, 11) is 0. The lowest BCUT2D eigenvalue weighted by molar-refractivity contribution is -0.167. The second-order valence-electron chi connectivity index (χ2n) is 18.9. The summed E-state index contributed by atoms with van der Waals surface area (Å²) in [5, 5.41) is 0. The van der Waals surface area contributed by atoms with Gasteiger partial charge in [-0.2, -0.15) is 0 Å². The highest BCUT2D eigenvalue weighted by Crippen LogP contribution is 2.17. The molecule has 0 radical (unpaired) electrons. The monoisotopic (exact) mass is 911 g/mol. The zero-order chi connectivity index (χ0) is 47.2. The van der Waals surface area contributed by atoms with Crippen LogP contribution in [0.4, 0.5) is 0 Å². The van der Waals surface area contributed by atoms with Gasteiger partial charge in [0, 0.05) is 19.3 Å². The van der Waals surface area contributed by atoms with Gasteiger partial charge in [0.2, 0.25) is 0 Å². The van der Waals surface area contributed by atoms with Crippen molar-refractivity contribution in [1.82, 2.24) is 0 Å². The minimum absolute atomic E-state index is 0.0815. The van der Waals surface area contributed by atoms with E-state index in [1.165, 1.54) is 180 Å². The molecule has 0 spiro atoms. The van der Waals surface area contributed by atoms with Crippen molar-refractivity contribution in [3.63, 3.8) is 0 Å². The molecule has 0 aliphatic heterocycles. The molecular weight excluding hydrogens is 805 g/mol. The summed E-state index contributed by atoms with van der Waals surface area (Å²) in [5.74, 6) is -0.906. The Morgan fingerprint density at radius 2 is 0.600 bits per heavy atom. The highest BCUT2D eigenvalue weighted by Gasteiger charge is 2.19. The Kier molecular flexibility index (Phi) is 51.8. The van der Waals surface area contributed by atoms with Gasteiger partial charge >= 0.3 is 17.9 Å². The standard InChI is InChI=1S/C59H106O6/c1-4-7-10-13-16-19-22-25-27-29-31-34-37-40-43-46-49-52-58(61)64-55-56(54-63-57(60)51-48-45-42-39-36-33-24-21-18-15-12-9-6-3)65-59(62)53-50-47-44-41-38-35-32-30-28-26-23-20-17-14-11-8-5-2/h9,12,15,18,21,24,33,36,56H,4-8,10-11,13-14,16-17,19-20,22-23,25-32,34-35,37-55H2,1-3H3/b12-9+,18-15+,24-21+,36-33+. The van der Waals surface area contributed by atoms with Gasteiger partial charge in [0.25, 0.3) is 0 Å². The van der Waals surface area contributed by atoms with Crippen molar-refractivity contribution in [2.45, 2.75) is 297 Å². The van der Waals surface area contributed by atoms with Crippen molar-refractivity contribution < 1.29 is 28.6 Å². The molecule has 1 unspecified atom stereocenters. The molecule has 0 aliphatic carbocycles. The van der Waals surface area contributed by atoms with E-state index in [4.69, 9.17) is 14.2 Å². The number of allylic oxidation sites excluding steroid dienone is 8. The average molecular weight is 911 g/mol. The third kappa shape index (κ3) is 52.2. The van der Waals surface area contributed by atoms with Crippen molar-refractivity contribution in [2.24, 2.45) is 0 Å². The van der Waals surface area contributed by atoms with E-state index >= 15 is 0 Å². The highest BCUT2D eigenvalue weighted by atomic mass is 16.6. The molecule has 0 rings (SSSR count). The first kappa shape index (κ1) is 62.4. The van der Waals surface area contributed by atoms with E-state index in [1.807, 2.05) is 30.4 Å². The van der Waals surface area contributed by atoms with Crippen LogP contribution in [0.1, 0.15) is 290 Å². The smallest absolute Gasteiger partial charge is 0.306 e. The zero-order valence-electron chi connectivity index (χ0n) is 43.3. The highest BCUT2D eigenvalue weighted by molar-refractivity contribution is 5.71. The van der Waals surface area contributed by atoms with Gasteiger partial charge in [-0.1, -0.05) is 281 Å². The van der Waals surface area contributed by atoms with E-state index in [9.17, 15) is 14.4 Å². The summed E-state index contributed by atoms with van der Waals surface area (Å²) in [5.41, 5.74) is 0. The lowest BCUT2D eigenvalue weighted by atomic mass is 10.0. The molecule has 0 fully saturated rings. The van der Waals surface area contributed by atoms with Gasteiger partial charge in [-0.15, -0.1) is 0 Å². The van der Waals surface area contributed by atoms with E-state index < -0.39 is 6.10 Å². The number of hydrogen-bond acceptors (Lipinski definition) is 6. The van der Waals surface area contributed by atoms with Gasteiger partial charge in [0.05, 0.1) is 0 Å². The van der Waals surface area contributed by atoms with Crippen LogP contribution in [0.25, 0.3) is 0 Å². The Morgan fingerprint density at radius 3 is 0.938 bits per heavy atom. The summed E-state index contributed by atoms with van der Waals surface area (Å²) in [6, 6.07) is 0. The minimum Gasteiger partial charge on any atom is -0.462 e. The number of rotatable bonds is 51. The van der Waals surface area contributed by atoms with Gasteiger partial charge < -0.3 is 14.2 Å². The number of ether oxygens (including phenoxy) is 3. The first-order chi connectivity index (χ1) is 32.0. The maximum absolute atomic E-state index is 12.8. The quantitative estimate of drug-likeness (QED) is 0.0262. The predicted octanol–water partition coefficient (Wildman–Crippen LogP) is 18.7. The van der Waals surface area contributed by atoms with E-state index in [2.05, 4.69) is 39.0 Å². The van der Waals surface area contributed by atoms with Gasteiger partial charge in [0.1, 0.15) is 13.2 Å². The Bertz CT molecular complexity index is 1140. The third-order valence-corrected chi connectivity index (χ3v) is 12.4. The molecule has 65 heavy (non-hydrogen) atoms. The Morgan fingerprint density at radius 1 is 0.323 bits per heavy atom. The maximum Gasteiger partial charge on any atom is 0.306 e. The van der Waals surface area contributed by atoms with Crippen LogP contribution in [-0.2, 0) is 28.6 Å². The molecule has 0 N–H and O–H groups in total. The molecule has 0 aromatic rings. The van der Waals surface area contributed by atoms with Gasteiger partial charge in [-0.25, -0.2) is 0 Å². The van der Waals surface area contributed by atoms with E-state index in [-0.39, 0.29) is 31.1 Å². The fourth-order valence-corrected chi connectivity index (χ4v) is 8.22. The lowest BCUT2D eigenvalue weighted by Gasteiger charge is -2.18. The van der Waals surface area contributed by atoms with Crippen LogP contribution >= 0.6 is 0 Å². The Labute approximate surface area is 403 Å². The Balaban J connectivity index is 4.36. The third-order valence-electron chi connectivity index (χ3n) is 12.4. The van der Waals surface area contributed by atoms with Crippen molar-refractivity contribution in [1.29, 1.82) is 0 Å². The molecule has 0 saturated carbocycles. The molecule has 6 heteroatoms. The number of esters is 3. The number of carbonyl (C=O) groups is 3. The topological polar surface area (TPSA) is 78.9 Å². The molecule has 6 nitrogen and oxygen atoms in total. The number of hydrogen-bond donors (Lipinski definition) is 0. The van der Waals surface area contributed by atoms with Crippen LogP contribution in [0.15, 0.2) is 48.6 Å². The fraction of sp³-hybridized carbons (Fsp3) is 0.814. The van der Waals surface area contributed by atoms with Crippen LogP contribution in [0.5, 0.6) is 0 Å². The van der Waals surface area contributed by atoms with E-state index in [1.54, 1.807) is 0 Å². The summed E-state index contributed by atoms with van der Waals surface area (Å²) in [6.45, 7) is 6.51. The van der Waals surface area contributed by atoms with Crippen molar-refractivity contribution >= 4 is 17.9 Å². The summed E-state index contributed by atoms with van der Waals surface area (Å²) in [4.78, 5) is 38.1. The van der Waals surface area contributed by atoms with Crippen molar-refractivity contribution in [2.75, 3.05) is 13.2 Å². The lowest BCUT2D eigenvalue weighted by Crippen LogP contribution is -2.30. The molecule has 0 saturated heterocycles. The summed E-state index contributed by atoms with van der Waals surface area (Å²) >= 11 is 0. The summed E-state index contributed by atoms with van der Waals surface area (Å²) in [6.07, 6.45) is 65.3. The van der Waals surface area contributed by atoms with Gasteiger partial charge in [-0.3, -0.25) is 14.4 Å². The minimum atomic E-state index is -0.785. The zero-order valence-corrected chi connectivity index (χ0v) is 43.3. The molecule has 0 aliphatic rings. The van der Waals surface area contributed by atoms with Crippen molar-refractivity contribution in [3.8, 4) is 0 Å². The van der Waals surface area contributed by atoms with Crippen LogP contribution in [0.2, 0.25) is 0 Å². The fourth-order valence-electron chi connectivity index (χ4n) is 8.22. The molecule has 0 heterocycles.